The molecule has 0 radical (unpaired) electrons. The minimum absolute atomic E-state index is 0.915. The van der Waals surface area contributed by atoms with E-state index < -0.39 is 0 Å². The van der Waals surface area contributed by atoms with Gasteiger partial charge in [-0.15, -0.1) is 0 Å². The lowest BCUT2D eigenvalue weighted by Crippen LogP contribution is -2.14. The molecule has 0 unspecified atom stereocenters. The Balaban J connectivity index is 2.23. The number of pyridine rings is 1. The van der Waals surface area contributed by atoms with Gasteiger partial charge in [-0.3, -0.25) is 4.98 Å². The van der Waals surface area contributed by atoms with E-state index in [9.17, 15) is 0 Å². The molecule has 0 aliphatic carbocycles. The molecule has 0 aliphatic heterocycles. The SMILES string of the molecule is CCCNCc1ccccc1-c1ccc(C)nc1. The third kappa shape index (κ3) is 3.17. The fourth-order valence-electron chi connectivity index (χ4n) is 1.98. The number of hydrogen-bond donors (Lipinski definition) is 1. The first kappa shape index (κ1) is 12.8. The molecule has 0 atom stereocenters. The fraction of sp³-hybridized carbons (Fsp3) is 0.312. The van der Waals surface area contributed by atoms with Gasteiger partial charge in [-0.1, -0.05) is 37.3 Å². The molecule has 0 amide bonds. The highest BCUT2D eigenvalue weighted by Crippen LogP contribution is 2.22. The Bertz CT molecular complexity index is 489. The van der Waals surface area contributed by atoms with Gasteiger partial charge < -0.3 is 5.32 Å². The largest absolute Gasteiger partial charge is 0.313 e. The molecular weight excluding hydrogens is 220 g/mol. The Morgan fingerprint density at radius 1 is 1.11 bits per heavy atom. The summed E-state index contributed by atoms with van der Waals surface area (Å²) < 4.78 is 0. The van der Waals surface area contributed by atoms with Crippen molar-refractivity contribution in [3.8, 4) is 11.1 Å². The van der Waals surface area contributed by atoms with Gasteiger partial charge in [-0.2, -0.15) is 0 Å². The summed E-state index contributed by atoms with van der Waals surface area (Å²) in [7, 11) is 0. The van der Waals surface area contributed by atoms with E-state index in [4.69, 9.17) is 0 Å². The first-order chi connectivity index (χ1) is 8.81. The van der Waals surface area contributed by atoms with E-state index in [2.05, 4.69) is 53.6 Å². The first-order valence-electron chi connectivity index (χ1n) is 6.53. The molecule has 1 aromatic heterocycles. The third-order valence-electron chi connectivity index (χ3n) is 2.98. The van der Waals surface area contributed by atoms with Crippen LogP contribution in [0.15, 0.2) is 42.6 Å². The van der Waals surface area contributed by atoms with Crippen LogP contribution in [-0.2, 0) is 6.54 Å². The molecule has 0 saturated heterocycles. The van der Waals surface area contributed by atoms with Crippen LogP contribution < -0.4 is 5.32 Å². The van der Waals surface area contributed by atoms with Gasteiger partial charge in [-0.05, 0) is 37.1 Å². The minimum Gasteiger partial charge on any atom is -0.313 e. The number of hydrogen-bond acceptors (Lipinski definition) is 2. The zero-order valence-corrected chi connectivity index (χ0v) is 11.1. The molecule has 2 nitrogen and oxygen atoms in total. The van der Waals surface area contributed by atoms with E-state index in [1.165, 1.54) is 16.7 Å². The average molecular weight is 240 g/mol. The predicted octanol–water partition coefficient (Wildman–Crippen LogP) is 3.56. The summed E-state index contributed by atoms with van der Waals surface area (Å²) in [4.78, 5) is 4.37. The van der Waals surface area contributed by atoms with Crippen LogP contribution in [0.1, 0.15) is 24.6 Å². The van der Waals surface area contributed by atoms with Crippen molar-refractivity contribution >= 4 is 0 Å². The van der Waals surface area contributed by atoms with Crippen molar-refractivity contribution in [2.24, 2.45) is 0 Å². The van der Waals surface area contributed by atoms with E-state index in [1.54, 1.807) is 0 Å². The van der Waals surface area contributed by atoms with Crippen molar-refractivity contribution in [1.82, 2.24) is 10.3 Å². The lowest BCUT2D eigenvalue weighted by atomic mass is 10.0. The molecule has 2 rings (SSSR count). The lowest BCUT2D eigenvalue weighted by molar-refractivity contribution is 0.676. The second kappa shape index (κ2) is 6.31. The molecular formula is C16H20N2. The third-order valence-corrected chi connectivity index (χ3v) is 2.98. The monoisotopic (exact) mass is 240 g/mol. The molecule has 0 spiro atoms. The predicted molar refractivity (Wildman–Crippen MR) is 76.4 cm³/mol. The minimum atomic E-state index is 0.915. The van der Waals surface area contributed by atoms with Gasteiger partial charge in [0.05, 0.1) is 0 Å². The number of rotatable bonds is 5. The molecule has 0 fully saturated rings. The molecule has 94 valence electrons. The van der Waals surface area contributed by atoms with Gasteiger partial charge in [0.25, 0.3) is 0 Å². The van der Waals surface area contributed by atoms with E-state index in [0.717, 1.165) is 25.2 Å². The maximum Gasteiger partial charge on any atom is 0.0373 e. The molecule has 0 saturated carbocycles. The van der Waals surface area contributed by atoms with E-state index in [0.29, 0.717) is 0 Å². The summed E-state index contributed by atoms with van der Waals surface area (Å²) in [5.41, 5.74) is 4.85. The molecule has 1 N–H and O–H groups in total. The number of benzene rings is 1. The second-order valence-corrected chi connectivity index (χ2v) is 4.52. The Morgan fingerprint density at radius 3 is 2.67 bits per heavy atom. The van der Waals surface area contributed by atoms with E-state index >= 15 is 0 Å². The zero-order chi connectivity index (χ0) is 12.8. The van der Waals surface area contributed by atoms with Crippen molar-refractivity contribution < 1.29 is 0 Å². The van der Waals surface area contributed by atoms with Gasteiger partial charge in [-0.25, -0.2) is 0 Å². The van der Waals surface area contributed by atoms with Crippen LogP contribution in [0.4, 0.5) is 0 Å². The molecule has 0 bridgehead atoms. The van der Waals surface area contributed by atoms with Crippen LogP contribution >= 0.6 is 0 Å². The number of aromatic nitrogens is 1. The van der Waals surface area contributed by atoms with Gasteiger partial charge in [0.15, 0.2) is 0 Å². The zero-order valence-electron chi connectivity index (χ0n) is 11.1. The van der Waals surface area contributed by atoms with Gasteiger partial charge in [0, 0.05) is 24.0 Å². The van der Waals surface area contributed by atoms with E-state index in [1.807, 2.05) is 13.1 Å². The number of nitrogens with zero attached hydrogens (tertiary/aromatic N) is 1. The summed E-state index contributed by atoms with van der Waals surface area (Å²) in [6, 6.07) is 12.7. The van der Waals surface area contributed by atoms with Gasteiger partial charge >= 0.3 is 0 Å². The summed E-state index contributed by atoms with van der Waals surface area (Å²) in [5, 5.41) is 3.45. The molecule has 1 aromatic carbocycles. The highest BCUT2D eigenvalue weighted by Gasteiger charge is 2.04. The second-order valence-electron chi connectivity index (χ2n) is 4.52. The van der Waals surface area contributed by atoms with Crippen LogP contribution in [0.2, 0.25) is 0 Å². The maximum atomic E-state index is 4.37. The Kier molecular flexibility index (Phi) is 4.48. The average Bonchev–Trinajstić information content (AvgIpc) is 2.41. The first-order valence-corrected chi connectivity index (χ1v) is 6.53. The molecule has 18 heavy (non-hydrogen) atoms. The maximum absolute atomic E-state index is 4.37. The summed E-state index contributed by atoms with van der Waals surface area (Å²) in [5.74, 6) is 0. The molecule has 2 aromatic rings. The van der Waals surface area contributed by atoms with Crippen molar-refractivity contribution in [2.75, 3.05) is 6.54 Å². The molecule has 0 aliphatic rings. The molecule has 1 heterocycles. The number of aryl methyl sites for hydroxylation is 1. The van der Waals surface area contributed by atoms with Crippen LogP contribution in [0.5, 0.6) is 0 Å². The van der Waals surface area contributed by atoms with Crippen molar-refractivity contribution in [3.63, 3.8) is 0 Å². The quantitative estimate of drug-likeness (QED) is 0.808. The topological polar surface area (TPSA) is 24.9 Å². The van der Waals surface area contributed by atoms with Crippen molar-refractivity contribution in [3.05, 3.63) is 53.9 Å². The Hall–Kier alpha value is -1.67. The van der Waals surface area contributed by atoms with Gasteiger partial charge in [0.1, 0.15) is 0 Å². The van der Waals surface area contributed by atoms with Crippen LogP contribution in [0.3, 0.4) is 0 Å². The van der Waals surface area contributed by atoms with Gasteiger partial charge in [0.2, 0.25) is 0 Å². The Labute approximate surface area is 109 Å². The summed E-state index contributed by atoms with van der Waals surface area (Å²) in [6.45, 7) is 6.17. The smallest absolute Gasteiger partial charge is 0.0373 e. The Morgan fingerprint density at radius 2 is 1.94 bits per heavy atom. The number of nitrogens with one attached hydrogen (secondary N) is 1. The van der Waals surface area contributed by atoms with Crippen LogP contribution in [0, 0.1) is 6.92 Å². The standard InChI is InChI=1S/C16H20N2/c1-3-10-17-11-14-6-4-5-7-16(14)15-9-8-13(2)18-12-15/h4-9,12,17H,3,10-11H2,1-2H3. The van der Waals surface area contributed by atoms with Crippen LogP contribution in [-0.4, -0.2) is 11.5 Å². The summed E-state index contributed by atoms with van der Waals surface area (Å²) >= 11 is 0. The normalized spacial score (nSPS) is 10.6. The van der Waals surface area contributed by atoms with Crippen LogP contribution in [0.25, 0.3) is 11.1 Å². The van der Waals surface area contributed by atoms with Crippen molar-refractivity contribution in [2.45, 2.75) is 26.8 Å². The van der Waals surface area contributed by atoms with E-state index in [-0.39, 0.29) is 0 Å². The lowest BCUT2D eigenvalue weighted by Gasteiger charge is -2.10. The fourth-order valence-corrected chi connectivity index (χ4v) is 1.98. The highest BCUT2D eigenvalue weighted by atomic mass is 14.8. The highest BCUT2D eigenvalue weighted by molar-refractivity contribution is 5.66. The van der Waals surface area contributed by atoms with Crippen molar-refractivity contribution in [1.29, 1.82) is 0 Å². The summed E-state index contributed by atoms with van der Waals surface area (Å²) in [6.07, 6.45) is 3.11. The molecule has 2 heteroatoms.